The van der Waals surface area contributed by atoms with Crippen molar-refractivity contribution in [1.29, 1.82) is 0 Å². The van der Waals surface area contributed by atoms with E-state index in [1.807, 2.05) is 30.3 Å². The molecule has 1 fully saturated rings. The number of ether oxygens (including phenoxy) is 1. The molecule has 0 saturated heterocycles. The van der Waals surface area contributed by atoms with Crippen LogP contribution in [0.25, 0.3) is 11.1 Å². The lowest BCUT2D eigenvalue weighted by Gasteiger charge is -2.24. The summed E-state index contributed by atoms with van der Waals surface area (Å²) in [5.74, 6) is -0.692. The van der Waals surface area contributed by atoms with Crippen molar-refractivity contribution in [2.75, 3.05) is 25.4 Å². The molecular weight excluding hydrogens is 554 g/mol. The summed E-state index contributed by atoms with van der Waals surface area (Å²) in [5.41, 5.74) is 4.00. The van der Waals surface area contributed by atoms with Crippen molar-refractivity contribution >= 4 is 15.9 Å². The van der Waals surface area contributed by atoms with Gasteiger partial charge in [-0.2, -0.15) is 0 Å². The molecule has 1 aliphatic carbocycles. The molecule has 0 spiro atoms. The Morgan fingerprint density at radius 1 is 1.02 bits per heavy atom. The number of nitrogens with one attached hydrogen (secondary N) is 2. The molecule has 3 aromatic rings. The Morgan fingerprint density at radius 3 is 2.50 bits per heavy atom. The van der Waals surface area contributed by atoms with Crippen LogP contribution in [0.5, 0.6) is 5.75 Å². The number of nitrogens with zero attached hydrogens (tertiary/aromatic N) is 1. The third-order valence-electron chi connectivity index (χ3n) is 7.40. The highest BCUT2D eigenvalue weighted by atomic mass is 32.2. The highest BCUT2D eigenvalue weighted by Crippen LogP contribution is 2.31. The number of hydrogen-bond acceptors (Lipinski definition) is 8. The van der Waals surface area contributed by atoms with Gasteiger partial charge in [0.15, 0.2) is 0 Å². The quantitative estimate of drug-likeness (QED) is 0.192. The first-order valence-corrected chi connectivity index (χ1v) is 16.3. The molecule has 0 bridgehead atoms. The third-order valence-corrected chi connectivity index (χ3v) is 8.73. The summed E-state index contributed by atoms with van der Waals surface area (Å²) < 4.78 is 33.0. The Morgan fingerprint density at radius 2 is 1.79 bits per heavy atom. The van der Waals surface area contributed by atoms with Gasteiger partial charge in [-0.05, 0) is 86.4 Å². The topological polar surface area (TPSA) is 138 Å². The largest absolute Gasteiger partial charge is 0.490 e. The van der Waals surface area contributed by atoms with Gasteiger partial charge in [0.25, 0.3) is 5.91 Å². The number of aliphatic hydroxyl groups is 2. The SMILES string of the molecule is O=C(NS(=O)(=O)CCCO)c1ccc(-c2ccc(CCCNC[C@@H](O)c3cccnc3)cc2)cc1OC1CCCCC1. The lowest BCUT2D eigenvalue weighted by atomic mass is 9.97. The molecule has 1 saturated carbocycles. The Labute approximate surface area is 248 Å². The average Bonchev–Trinajstić information content (AvgIpc) is 3.01. The van der Waals surface area contributed by atoms with Gasteiger partial charge >= 0.3 is 0 Å². The monoisotopic (exact) mass is 595 g/mol. The van der Waals surface area contributed by atoms with Crippen LogP contribution in [-0.2, 0) is 16.4 Å². The minimum absolute atomic E-state index is 0.0204. The standard InChI is InChI=1S/C32H41N3O6S/c36-19-6-20-42(39,40)35-32(38)29-16-15-26(21-31(29)41-28-9-2-1-3-10-28)25-13-11-24(12-14-25)7-4-17-34-23-30(37)27-8-5-18-33-22-27/h5,8,11-16,18,21-22,28,30,34,36-37H,1-4,6-7,9-10,17,19-20,23H2,(H,35,38)/t30-/m1/s1. The number of pyridine rings is 1. The molecule has 10 heteroatoms. The summed E-state index contributed by atoms with van der Waals surface area (Å²) in [4.78, 5) is 17.0. The lowest BCUT2D eigenvalue weighted by Crippen LogP contribution is -2.33. The molecule has 1 amide bonds. The van der Waals surface area contributed by atoms with E-state index in [1.165, 1.54) is 5.56 Å². The Balaban J connectivity index is 1.38. The summed E-state index contributed by atoms with van der Waals surface area (Å²) in [6, 6.07) is 17.1. The van der Waals surface area contributed by atoms with E-state index in [1.54, 1.807) is 24.5 Å². The molecule has 2 aromatic carbocycles. The second-order valence-electron chi connectivity index (χ2n) is 10.7. The van der Waals surface area contributed by atoms with Crippen molar-refractivity contribution in [2.45, 2.75) is 63.6 Å². The maximum absolute atomic E-state index is 13.0. The number of aryl methyl sites for hydroxylation is 1. The van der Waals surface area contributed by atoms with E-state index in [-0.39, 0.29) is 30.4 Å². The Hall–Kier alpha value is -3.31. The van der Waals surface area contributed by atoms with Gasteiger partial charge in [-0.3, -0.25) is 9.78 Å². The van der Waals surface area contributed by atoms with E-state index in [9.17, 15) is 18.3 Å². The van der Waals surface area contributed by atoms with Crippen molar-refractivity contribution in [2.24, 2.45) is 0 Å². The molecule has 226 valence electrons. The smallest absolute Gasteiger partial charge is 0.268 e. The second-order valence-corrected chi connectivity index (χ2v) is 12.6. The first kappa shape index (κ1) is 31.6. The normalized spacial score (nSPS) is 14.8. The van der Waals surface area contributed by atoms with E-state index in [0.717, 1.165) is 68.2 Å². The van der Waals surface area contributed by atoms with Crippen molar-refractivity contribution < 1.29 is 28.2 Å². The van der Waals surface area contributed by atoms with Gasteiger partial charge in [0.05, 0.1) is 23.5 Å². The van der Waals surface area contributed by atoms with E-state index in [0.29, 0.717) is 12.3 Å². The lowest BCUT2D eigenvalue weighted by molar-refractivity contribution is 0.0969. The van der Waals surface area contributed by atoms with E-state index >= 15 is 0 Å². The van der Waals surface area contributed by atoms with E-state index < -0.39 is 22.0 Å². The maximum Gasteiger partial charge on any atom is 0.268 e. The zero-order valence-corrected chi connectivity index (χ0v) is 24.7. The van der Waals surface area contributed by atoms with Crippen molar-refractivity contribution in [3.05, 3.63) is 83.7 Å². The van der Waals surface area contributed by atoms with Gasteiger partial charge in [0.2, 0.25) is 10.0 Å². The predicted molar refractivity (Wildman–Crippen MR) is 163 cm³/mol. The Bertz CT molecular complexity index is 1380. The third kappa shape index (κ3) is 9.62. The van der Waals surface area contributed by atoms with Crippen LogP contribution >= 0.6 is 0 Å². The molecule has 0 radical (unpaired) electrons. The van der Waals surface area contributed by atoms with Gasteiger partial charge in [0, 0.05) is 31.1 Å². The Kier molecular flexibility index (Phi) is 11.9. The molecular formula is C32H41N3O6S. The minimum atomic E-state index is -3.87. The van der Waals surface area contributed by atoms with Crippen LogP contribution in [0.3, 0.4) is 0 Å². The van der Waals surface area contributed by atoms with Crippen molar-refractivity contribution in [3.63, 3.8) is 0 Å². The number of amides is 1. The molecule has 0 aliphatic heterocycles. The average molecular weight is 596 g/mol. The fourth-order valence-corrected chi connectivity index (χ4v) is 6.07. The van der Waals surface area contributed by atoms with Crippen molar-refractivity contribution in [1.82, 2.24) is 15.0 Å². The van der Waals surface area contributed by atoms with Crippen LogP contribution in [0, 0.1) is 0 Å². The van der Waals surface area contributed by atoms with Crippen LogP contribution in [0.4, 0.5) is 0 Å². The first-order chi connectivity index (χ1) is 20.3. The molecule has 1 heterocycles. The fourth-order valence-electron chi connectivity index (χ4n) is 5.06. The van der Waals surface area contributed by atoms with Gasteiger partial charge in [0.1, 0.15) is 5.75 Å². The molecule has 4 rings (SSSR count). The number of aromatic nitrogens is 1. The predicted octanol–water partition coefficient (Wildman–Crippen LogP) is 4.16. The molecule has 1 aromatic heterocycles. The molecule has 42 heavy (non-hydrogen) atoms. The van der Waals surface area contributed by atoms with Gasteiger partial charge in [-0.1, -0.05) is 42.8 Å². The van der Waals surface area contributed by atoms with Crippen LogP contribution in [0.2, 0.25) is 0 Å². The summed E-state index contributed by atoms with van der Waals surface area (Å²) in [6.45, 7) is 0.977. The molecule has 4 N–H and O–H groups in total. The van der Waals surface area contributed by atoms with E-state index in [2.05, 4.69) is 27.2 Å². The number of hydrogen-bond donors (Lipinski definition) is 4. The van der Waals surface area contributed by atoms with Crippen LogP contribution in [0.1, 0.15) is 72.5 Å². The highest BCUT2D eigenvalue weighted by molar-refractivity contribution is 7.90. The highest BCUT2D eigenvalue weighted by Gasteiger charge is 2.23. The molecule has 9 nitrogen and oxygen atoms in total. The number of carbonyl (C=O) groups is 1. The molecule has 0 unspecified atom stereocenters. The van der Waals surface area contributed by atoms with E-state index in [4.69, 9.17) is 9.84 Å². The summed E-state index contributed by atoms with van der Waals surface area (Å²) >= 11 is 0. The summed E-state index contributed by atoms with van der Waals surface area (Å²) in [7, 11) is -3.87. The summed E-state index contributed by atoms with van der Waals surface area (Å²) in [6.07, 6.45) is 9.68. The van der Waals surface area contributed by atoms with Crippen LogP contribution in [0.15, 0.2) is 67.0 Å². The zero-order valence-electron chi connectivity index (χ0n) is 23.9. The molecule has 1 aliphatic rings. The second kappa shape index (κ2) is 15.8. The summed E-state index contributed by atoms with van der Waals surface area (Å²) in [5, 5.41) is 22.5. The van der Waals surface area contributed by atoms with Crippen LogP contribution in [-0.4, -0.2) is 61.1 Å². The number of aliphatic hydroxyl groups excluding tert-OH is 2. The minimum Gasteiger partial charge on any atom is -0.490 e. The van der Waals surface area contributed by atoms with Gasteiger partial charge < -0.3 is 20.3 Å². The van der Waals surface area contributed by atoms with Gasteiger partial charge in [-0.25, -0.2) is 13.1 Å². The van der Waals surface area contributed by atoms with Gasteiger partial charge in [-0.15, -0.1) is 0 Å². The number of sulfonamides is 1. The van der Waals surface area contributed by atoms with Crippen molar-refractivity contribution in [3.8, 4) is 16.9 Å². The van der Waals surface area contributed by atoms with Crippen LogP contribution < -0.4 is 14.8 Å². The number of rotatable bonds is 15. The first-order valence-electron chi connectivity index (χ1n) is 14.7. The maximum atomic E-state index is 13.0. The zero-order chi connectivity index (χ0) is 29.8. The number of carbonyl (C=O) groups excluding carboxylic acids is 1. The number of benzene rings is 2. The molecule has 1 atom stereocenters. The fraction of sp³-hybridized carbons (Fsp3) is 0.438.